The van der Waals surface area contributed by atoms with Gasteiger partial charge < -0.3 is 0 Å². The molecule has 0 bridgehead atoms. The van der Waals surface area contributed by atoms with E-state index in [2.05, 4.69) is 4.72 Å². The van der Waals surface area contributed by atoms with Crippen molar-refractivity contribution in [3.05, 3.63) is 59.4 Å². The van der Waals surface area contributed by atoms with E-state index in [4.69, 9.17) is 0 Å². The van der Waals surface area contributed by atoms with Gasteiger partial charge in [-0.05, 0) is 36.8 Å². The number of sulfonamides is 2. The van der Waals surface area contributed by atoms with E-state index < -0.39 is 37.7 Å². The van der Waals surface area contributed by atoms with Gasteiger partial charge in [-0.2, -0.15) is 0 Å². The largest absolute Gasteiger partial charge is 0.273 e. The Hall–Kier alpha value is -2.30. The summed E-state index contributed by atoms with van der Waals surface area (Å²) in [7, 11) is -7.75. The van der Waals surface area contributed by atoms with Crippen LogP contribution >= 0.6 is 0 Å². The standard InChI is InChI=1S/C18H19FN2O5S2/c1-12-9-15(21-18(22)13(2)11-27(21,23)24)7-8-17(12)28(25,26)20-10-14-5-3-4-6-16(14)19/h3-9,13,20H,10-11H2,1-2H3. The molecular weight excluding hydrogens is 407 g/mol. The number of aryl methyl sites for hydroxylation is 1. The number of amides is 1. The minimum atomic E-state index is -3.97. The molecule has 1 aliphatic heterocycles. The predicted octanol–water partition coefficient (Wildman–Crippen LogP) is 1.93. The van der Waals surface area contributed by atoms with Crippen LogP contribution in [0.15, 0.2) is 47.4 Å². The van der Waals surface area contributed by atoms with Crippen LogP contribution in [0, 0.1) is 18.7 Å². The molecule has 0 saturated carbocycles. The molecule has 1 N–H and O–H groups in total. The second-order valence-electron chi connectivity index (χ2n) is 6.65. The number of benzene rings is 2. The van der Waals surface area contributed by atoms with Crippen LogP contribution in [-0.4, -0.2) is 28.5 Å². The molecule has 1 amide bonds. The topological polar surface area (TPSA) is 101 Å². The monoisotopic (exact) mass is 426 g/mol. The first-order valence-corrected chi connectivity index (χ1v) is 11.5. The van der Waals surface area contributed by atoms with Crippen LogP contribution < -0.4 is 9.03 Å². The fourth-order valence-electron chi connectivity index (χ4n) is 3.04. The second kappa shape index (κ2) is 7.26. The molecule has 28 heavy (non-hydrogen) atoms. The van der Waals surface area contributed by atoms with Gasteiger partial charge in [0, 0.05) is 12.1 Å². The predicted molar refractivity (Wildman–Crippen MR) is 102 cm³/mol. The zero-order valence-corrected chi connectivity index (χ0v) is 16.8. The normalized spacial score (nSPS) is 19.2. The lowest BCUT2D eigenvalue weighted by Gasteiger charge is -2.17. The first-order valence-electron chi connectivity index (χ1n) is 8.43. The summed E-state index contributed by atoms with van der Waals surface area (Å²) in [6, 6.07) is 9.66. The summed E-state index contributed by atoms with van der Waals surface area (Å²) in [4.78, 5) is 12.1. The molecule has 7 nitrogen and oxygen atoms in total. The van der Waals surface area contributed by atoms with Gasteiger partial charge in [0.15, 0.2) is 0 Å². The summed E-state index contributed by atoms with van der Waals surface area (Å²) in [5.74, 6) is -2.01. The third-order valence-electron chi connectivity index (χ3n) is 4.45. The van der Waals surface area contributed by atoms with Crippen molar-refractivity contribution in [2.24, 2.45) is 5.92 Å². The van der Waals surface area contributed by atoms with Gasteiger partial charge in [-0.1, -0.05) is 25.1 Å². The molecule has 0 aromatic heterocycles. The van der Waals surface area contributed by atoms with Crippen molar-refractivity contribution in [3.8, 4) is 0 Å². The Bertz CT molecular complexity index is 1150. The minimum Gasteiger partial charge on any atom is -0.273 e. The van der Waals surface area contributed by atoms with Crippen LogP contribution in [0.4, 0.5) is 10.1 Å². The van der Waals surface area contributed by atoms with Crippen LogP contribution in [0.2, 0.25) is 0 Å². The molecule has 10 heteroatoms. The van der Waals surface area contributed by atoms with Crippen molar-refractivity contribution >= 4 is 31.6 Å². The highest BCUT2D eigenvalue weighted by molar-refractivity contribution is 7.94. The number of carbonyl (C=O) groups excluding carboxylic acids is 1. The number of nitrogens with one attached hydrogen (secondary N) is 1. The lowest BCUT2D eigenvalue weighted by atomic mass is 10.2. The molecule has 0 aliphatic carbocycles. The number of hydrogen-bond donors (Lipinski definition) is 1. The van der Waals surface area contributed by atoms with Crippen LogP contribution in [-0.2, 0) is 31.4 Å². The van der Waals surface area contributed by atoms with Crippen molar-refractivity contribution in [2.75, 3.05) is 10.1 Å². The third kappa shape index (κ3) is 3.80. The summed E-state index contributed by atoms with van der Waals surface area (Å²) in [6.45, 7) is 2.79. The van der Waals surface area contributed by atoms with E-state index in [9.17, 15) is 26.0 Å². The highest BCUT2D eigenvalue weighted by atomic mass is 32.2. The van der Waals surface area contributed by atoms with Crippen LogP contribution in [0.5, 0.6) is 0 Å². The molecule has 1 unspecified atom stereocenters. The molecule has 2 aromatic rings. The van der Waals surface area contributed by atoms with Gasteiger partial charge in [0.25, 0.3) is 0 Å². The second-order valence-corrected chi connectivity index (χ2v) is 10.2. The number of rotatable bonds is 5. The van der Waals surface area contributed by atoms with Crippen molar-refractivity contribution < 1.29 is 26.0 Å². The molecule has 1 fully saturated rings. The van der Waals surface area contributed by atoms with E-state index in [1.54, 1.807) is 6.07 Å². The van der Waals surface area contributed by atoms with Gasteiger partial charge in [0.2, 0.25) is 26.0 Å². The number of carbonyl (C=O) groups is 1. The van der Waals surface area contributed by atoms with Gasteiger partial charge in [-0.3, -0.25) is 4.79 Å². The zero-order valence-electron chi connectivity index (χ0n) is 15.2. The van der Waals surface area contributed by atoms with Crippen LogP contribution in [0.25, 0.3) is 0 Å². The van der Waals surface area contributed by atoms with E-state index in [0.717, 1.165) is 0 Å². The first-order chi connectivity index (χ1) is 13.0. The Balaban J connectivity index is 1.88. The molecule has 150 valence electrons. The molecule has 1 aliphatic rings. The SMILES string of the molecule is Cc1cc(N2C(=O)C(C)CS2(=O)=O)ccc1S(=O)(=O)NCc1ccccc1F. The Morgan fingerprint density at radius 2 is 1.89 bits per heavy atom. The zero-order chi connectivity index (χ0) is 20.7. The molecule has 3 rings (SSSR count). The molecule has 0 radical (unpaired) electrons. The fraction of sp³-hybridized carbons (Fsp3) is 0.278. The summed E-state index contributed by atoms with van der Waals surface area (Å²) in [5, 5.41) is 0. The summed E-state index contributed by atoms with van der Waals surface area (Å²) >= 11 is 0. The lowest BCUT2D eigenvalue weighted by molar-refractivity contribution is -0.119. The van der Waals surface area contributed by atoms with Crippen molar-refractivity contribution in [1.82, 2.24) is 4.72 Å². The third-order valence-corrected chi connectivity index (χ3v) is 7.88. The summed E-state index contributed by atoms with van der Waals surface area (Å²) in [5.41, 5.74) is 0.559. The quantitative estimate of drug-likeness (QED) is 0.787. The Morgan fingerprint density at radius 1 is 1.21 bits per heavy atom. The summed E-state index contributed by atoms with van der Waals surface area (Å²) in [6.07, 6.45) is 0. The van der Waals surface area contributed by atoms with Gasteiger partial charge in [-0.15, -0.1) is 0 Å². The van der Waals surface area contributed by atoms with Crippen LogP contribution in [0.1, 0.15) is 18.1 Å². The van der Waals surface area contributed by atoms with Gasteiger partial charge in [0.1, 0.15) is 5.82 Å². The number of nitrogens with zero attached hydrogens (tertiary/aromatic N) is 1. The first kappa shape index (κ1) is 20.4. The molecule has 1 heterocycles. The van der Waals surface area contributed by atoms with Crippen LogP contribution in [0.3, 0.4) is 0 Å². The Labute approximate surface area is 163 Å². The lowest BCUT2D eigenvalue weighted by Crippen LogP contribution is -2.30. The number of halogens is 1. The van der Waals surface area contributed by atoms with E-state index in [0.29, 0.717) is 4.31 Å². The number of anilines is 1. The molecular formula is C18H19FN2O5S2. The van der Waals surface area contributed by atoms with E-state index >= 15 is 0 Å². The number of hydrogen-bond acceptors (Lipinski definition) is 5. The average molecular weight is 426 g/mol. The van der Waals surface area contributed by atoms with E-state index in [1.165, 1.54) is 50.2 Å². The van der Waals surface area contributed by atoms with E-state index in [1.807, 2.05) is 0 Å². The smallest absolute Gasteiger partial charge is 0.244 e. The molecule has 0 spiro atoms. The maximum atomic E-state index is 13.7. The average Bonchev–Trinajstić information content (AvgIpc) is 2.81. The van der Waals surface area contributed by atoms with E-state index in [-0.39, 0.29) is 34.0 Å². The Morgan fingerprint density at radius 3 is 2.46 bits per heavy atom. The van der Waals surface area contributed by atoms with Gasteiger partial charge in [0.05, 0.1) is 22.3 Å². The molecule has 1 atom stereocenters. The molecule has 1 saturated heterocycles. The highest BCUT2D eigenvalue weighted by Crippen LogP contribution is 2.30. The fourth-order valence-corrected chi connectivity index (χ4v) is 6.08. The maximum Gasteiger partial charge on any atom is 0.244 e. The minimum absolute atomic E-state index is 0.0790. The van der Waals surface area contributed by atoms with Crippen molar-refractivity contribution in [2.45, 2.75) is 25.3 Å². The highest BCUT2D eigenvalue weighted by Gasteiger charge is 2.42. The summed E-state index contributed by atoms with van der Waals surface area (Å²) < 4.78 is 66.3. The maximum absolute atomic E-state index is 13.7. The van der Waals surface area contributed by atoms with Crippen molar-refractivity contribution in [3.63, 3.8) is 0 Å². The van der Waals surface area contributed by atoms with Gasteiger partial charge >= 0.3 is 0 Å². The van der Waals surface area contributed by atoms with Gasteiger partial charge in [-0.25, -0.2) is 30.3 Å². The Kier molecular flexibility index (Phi) is 5.30. The van der Waals surface area contributed by atoms with Crippen molar-refractivity contribution in [1.29, 1.82) is 0 Å². The molecule has 2 aromatic carbocycles.